The molecular weight excluding hydrogens is 404 g/mol. The Bertz CT molecular complexity index is 1100. The monoisotopic (exact) mass is 428 g/mol. The van der Waals surface area contributed by atoms with Crippen LogP contribution in [0.3, 0.4) is 0 Å². The minimum atomic E-state index is -0.285. The number of nitrogens with one attached hydrogen (secondary N) is 2. The SMILES string of the molecule is N#CCNC(=O)c1ccc(-c2ccnc(Nc3ccc(N4CCC(O)CC4)cc3)n2)cc1. The number of amides is 1. The van der Waals surface area contributed by atoms with Gasteiger partial charge in [-0.05, 0) is 55.3 Å². The van der Waals surface area contributed by atoms with Crippen molar-refractivity contribution >= 4 is 23.2 Å². The third-order valence-corrected chi connectivity index (χ3v) is 5.38. The second kappa shape index (κ2) is 9.90. The lowest BCUT2D eigenvalue weighted by atomic mass is 10.1. The lowest BCUT2D eigenvalue weighted by Gasteiger charge is -2.31. The van der Waals surface area contributed by atoms with Gasteiger partial charge in [-0.3, -0.25) is 4.79 Å². The smallest absolute Gasteiger partial charge is 0.252 e. The number of aromatic nitrogens is 2. The molecular formula is C24H24N6O2. The number of nitriles is 1. The van der Waals surface area contributed by atoms with E-state index in [0.29, 0.717) is 11.5 Å². The summed E-state index contributed by atoms with van der Waals surface area (Å²) in [6.07, 6.45) is 3.10. The standard InChI is InChI=1S/C24H24N6O2/c25-12-14-26-23(32)18-3-1-17(2-4-18)22-9-13-27-24(29-22)28-19-5-7-20(8-6-19)30-15-10-21(31)11-16-30/h1-9,13,21,31H,10-11,14-16H2,(H,26,32)(H,27,28,29). The Balaban J connectivity index is 1.42. The van der Waals surface area contributed by atoms with Crippen LogP contribution in [0.4, 0.5) is 17.3 Å². The Hall–Kier alpha value is -3.96. The fourth-order valence-electron chi connectivity index (χ4n) is 3.60. The highest BCUT2D eigenvalue weighted by atomic mass is 16.3. The van der Waals surface area contributed by atoms with Gasteiger partial charge in [0.25, 0.3) is 5.91 Å². The van der Waals surface area contributed by atoms with E-state index in [1.54, 1.807) is 18.3 Å². The summed E-state index contributed by atoms with van der Waals surface area (Å²) in [5.41, 5.74) is 4.09. The average molecular weight is 428 g/mol. The van der Waals surface area contributed by atoms with Gasteiger partial charge in [0, 0.05) is 41.8 Å². The first-order chi connectivity index (χ1) is 15.6. The van der Waals surface area contributed by atoms with E-state index in [9.17, 15) is 9.90 Å². The van der Waals surface area contributed by atoms with Gasteiger partial charge in [0.2, 0.25) is 5.95 Å². The minimum Gasteiger partial charge on any atom is -0.393 e. The summed E-state index contributed by atoms with van der Waals surface area (Å²) in [6, 6.07) is 18.8. The van der Waals surface area contributed by atoms with E-state index in [4.69, 9.17) is 5.26 Å². The molecule has 0 unspecified atom stereocenters. The maximum atomic E-state index is 11.9. The number of aliphatic hydroxyl groups excluding tert-OH is 1. The van der Waals surface area contributed by atoms with Crippen LogP contribution in [0.1, 0.15) is 23.2 Å². The van der Waals surface area contributed by atoms with E-state index >= 15 is 0 Å². The zero-order chi connectivity index (χ0) is 22.3. The van der Waals surface area contributed by atoms with Crippen molar-refractivity contribution in [1.29, 1.82) is 5.26 Å². The zero-order valence-corrected chi connectivity index (χ0v) is 17.5. The quantitative estimate of drug-likeness (QED) is 0.517. The molecule has 0 saturated carbocycles. The molecule has 1 aromatic heterocycles. The van der Waals surface area contributed by atoms with E-state index in [2.05, 4.69) is 37.6 Å². The number of hydrogen-bond acceptors (Lipinski definition) is 7. The van der Waals surface area contributed by atoms with Crippen molar-refractivity contribution in [1.82, 2.24) is 15.3 Å². The zero-order valence-electron chi connectivity index (χ0n) is 17.5. The van der Waals surface area contributed by atoms with E-state index < -0.39 is 0 Å². The number of piperidine rings is 1. The van der Waals surface area contributed by atoms with Crippen LogP contribution in [0.2, 0.25) is 0 Å². The maximum Gasteiger partial charge on any atom is 0.252 e. The summed E-state index contributed by atoms with van der Waals surface area (Å²) >= 11 is 0. The number of rotatable bonds is 6. The van der Waals surface area contributed by atoms with Crippen LogP contribution in [-0.4, -0.2) is 46.7 Å². The average Bonchev–Trinajstić information content (AvgIpc) is 2.84. The van der Waals surface area contributed by atoms with Gasteiger partial charge in [-0.1, -0.05) is 12.1 Å². The Morgan fingerprint density at radius 1 is 1.09 bits per heavy atom. The van der Waals surface area contributed by atoms with Crippen molar-refractivity contribution in [2.24, 2.45) is 0 Å². The highest BCUT2D eigenvalue weighted by molar-refractivity contribution is 5.94. The summed E-state index contributed by atoms with van der Waals surface area (Å²) in [5.74, 6) is 0.194. The Morgan fingerprint density at radius 3 is 2.50 bits per heavy atom. The van der Waals surface area contributed by atoms with E-state index in [-0.39, 0.29) is 18.6 Å². The topological polar surface area (TPSA) is 114 Å². The molecule has 1 amide bonds. The van der Waals surface area contributed by atoms with Gasteiger partial charge in [0.1, 0.15) is 6.54 Å². The molecule has 0 atom stereocenters. The highest BCUT2D eigenvalue weighted by Crippen LogP contribution is 2.24. The van der Waals surface area contributed by atoms with Crippen molar-refractivity contribution in [2.75, 3.05) is 29.9 Å². The van der Waals surface area contributed by atoms with E-state index in [0.717, 1.165) is 48.6 Å². The minimum absolute atomic E-state index is 0.0241. The van der Waals surface area contributed by atoms with Crippen molar-refractivity contribution in [2.45, 2.75) is 18.9 Å². The van der Waals surface area contributed by atoms with Gasteiger partial charge in [-0.25, -0.2) is 9.97 Å². The lowest BCUT2D eigenvalue weighted by Crippen LogP contribution is -2.35. The highest BCUT2D eigenvalue weighted by Gasteiger charge is 2.17. The molecule has 1 aliphatic rings. The van der Waals surface area contributed by atoms with Crippen LogP contribution >= 0.6 is 0 Å². The molecule has 32 heavy (non-hydrogen) atoms. The number of carbonyl (C=O) groups excluding carboxylic acids is 1. The number of nitrogens with zero attached hydrogens (tertiary/aromatic N) is 4. The normalized spacial score (nSPS) is 13.9. The second-order valence-electron chi connectivity index (χ2n) is 7.57. The molecule has 3 aromatic rings. The summed E-state index contributed by atoms with van der Waals surface area (Å²) in [6.45, 7) is 1.69. The number of aliphatic hydroxyl groups is 1. The Labute approximate surface area is 186 Å². The molecule has 0 bridgehead atoms. The molecule has 0 aliphatic carbocycles. The molecule has 2 aromatic carbocycles. The third kappa shape index (κ3) is 5.20. The van der Waals surface area contributed by atoms with Crippen LogP contribution in [0.15, 0.2) is 60.8 Å². The van der Waals surface area contributed by atoms with Crippen LogP contribution in [0, 0.1) is 11.3 Å². The fourth-order valence-corrected chi connectivity index (χ4v) is 3.60. The van der Waals surface area contributed by atoms with E-state index in [1.807, 2.05) is 36.4 Å². The number of benzene rings is 2. The fraction of sp³-hybridized carbons (Fsp3) is 0.250. The first-order valence-corrected chi connectivity index (χ1v) is 10.5. The molecule has 1 aliphatic heterocycles. The van der Waals surface area contributed by atoms with Crippen LogP contribution in [0.25, 0.3) is 11.3 Å². The molecule has 0 spiro atoms. The van der Waals surface area contributed by atoms with Gasteiger partial charge in [0.05, 0.1) is 17.9 Å². The predicted molar refractivity (Wildman–Crippen MR) is 123 cm³/mol. The number of carbonyl (C=O) groups is 1. The number of hydrogen-bond donors (Lipinski definition) is 3. The summed E-state index contributed by atoms with van der Waals surface area (Å²) < 4.78 is 0. The van der Waals surface area contributed by atoms with Crippen LogP contribution in [0.5, 0.6) is 0 Å². The predicted octanol–water partition coefficient (Wildman–Crippen LogP) is 3.10. The first kappa shape index (κ1) is 21.3. The molecule has 1 saturated heterocycles. The summed E-state index contributed by atoms with van der Waals surface area (Å²) in [4.78, 5) is 23.1. The van der Waals surface area contributed by atoms with Gasteiger partial charge in [-0.2, -0.15) is 5.26 Å². The van der Waals surface area contributed by atoms with Crippen molar-refractivity contribution in [3.63, 3.8) is 0 Å². The molecule has 3 N–H and O–H groups in total. The maximum absolute atomic E-state index is 11.9. The van der Waals surface area contributed by atoms with Crippen molar-refractivity contribution in [3.05, 3.63) is 66.4 Å². The van der Waals surface area contributed by atoms with Gasteiger partial charge in [-0.15, -0.1) is 0 Å². The van der Waals surface area contributed by atoms with Crippen LogP contribution in [-0.2, 0) is 0 Å². The molecule has 4 rings (SSSR count). The van der Waals surface area contributed by atoms with E-state index in [1.165, 1.54) is 0 Å². The van der Waals surface area contributed by atoms with Crippen molar-refractivity contribution < 1.29 is 9.90 Å². The molecule has 0 radical (unpaired) electrons. The molecule has 162 valence electrons. The Kier molecular flexibility index (Phi) is 6.58. The Morgan fingerprint density at radius 2 is 1.81 bits per heavy atom. The largest absolute Gasteiger partial charge is 0.393 e. The number of anilines is 3. The van der Waals surface area contributed by atoms with Crippen molar-refractivity contribution in [3.8, 4) is 17.3 Å². The van der Waals surface area contributed by atoms with Gasteiger partial charge < -0.3 is 20.6 Å². The lowest BCUT2D eigenvalue weighted by molar-refractivity contribution is 0.0958. The third-order valence-electron chi connectivity index (χ3n) is 5.38. The van der Waals surface area contributed by atoms with Crippen LogP contribution < -0.4 is 15.5 Å². The summed E-state index contributed by atoms with van der Waals surface area (Å²) in [5, 5.41) is 24.0. The molecule has 8 heteroatoms. The second-order valence-corrected chi connectivity index (χ2v) is 7.57. The summed E-state index contributed by atoms with van der Waals surface area (Å²) in [7, 11) is 0. The van der Waals surface area contributed by atoms with Gasteiger partial charge >= 0.3 is 0 Å². The molecule has 2 heterocycles. The first-order valence-electron chi connectivity index (χ1n) is 10.5. The molecule has 8 nitrogen and oxygen atoms in total. The van der Waals surface area contributed by atoms with Gasteiger partial charge in [0.15, 0.2) is 0 Å². The molecule has 1 fully saturated rings.